The maximum absolute atomic E-state index is 12.9. The first kappa shape index (κ1) is 42.1. The highest BCUT2D eigenvalue weighted by atomic mass is 32.2. The number of rotatable bonds is 19. The molecule has 0 radical (unpaired) electrons. The van der Waals surface area contributed by atoms with E-state index < -0.39 is 10.1 Å². The van der Waals surface area contributed by atoms with Gasteiger partial charge in [0.15, 0.2) is 5.71 Å². The number of para-hydroxylation sites is 2. The lowest BCUT2D eigenvalue weighted by atomic mass is 9.81. The number of hydrogen-bond acceptors (Lipinski definition) is 8. The van der Waals surface area contributed by atoms with E-state index in [9.17, 15) is 17.8 Å². The molecule has 0 spiro atoms. The summed E-state index contributed by atoms with van der Waals surface area (Å²) in [6.45, 7) is 16.4. The summed E-state index contributed by atoms with van der Waals surface area (Å²) < 4.78 is 39.0. The van der Waals surface area contributed by atoms with Gasteiger partial charge < -0.3 is 4.90 Å². The van der Waals surface area contributed by atoms with Gasteiger partial charge in [0.2, 0.25) is 12.1 Å². The molecule has 0 atom stereocenters. The van der Waals surface area contributed by atoms with Crippen molar-refractivity contribution in [3.8, 4) is 0 Å². The standard InChI is InChI=1S/C43H53N3O7S2/c1-7-16-32(2)46(31-47)41-33(23-25-39-42(3,4)35-17-8-10-19-37(35)44(39)27-12-14-29-54-53-52-48)21-22-34(41)24-26-40-43(5,6)36-18-9-11-20-38(36)45(40)28-13-15-30-55(49,50)51/h7-11,16-20,23-26,31H,2,12-15,21-22,27-30H2,1,3-6H3,(H-,48,49,50,51)/p+1. The molecule has 2 N–H and O–H groups in total. The molecule has 0 bridgehead atoms. The van der Waals surface area contributed by atoms with E-state index in [1.165, 1.54) is 22.5 Å². The molecule has 55 heavy (non-hydrogen) atoms. The molecule has 0 saturated heterocycles. The third-order valence-electron chi connectivity index (χ3n) is 10.7. The Kier molecular flexibility index (Phi) is 14.0. The van der Waals surface area contributed by atoms with E-state index in [0.717, 1.165) is 78.9 Å². The number of hydrogen-bond donors (Lipinski definition) is 2. The Hall–Kier alpha value is -4.04. The first-order valence-electron chi connectivity index (χ1n) is 18.8. The minimum absolute atomic E-state index is 0.259. The molecule has 0 aromatic heterocycles. The Morgan fingerprint density at radius 1 is 0.982 bits per heavy atom. The Morgan fingerprint density at radius 2 is 1.71 bits per heavy atom. The number of allylic oxidation sites excluding steroid dienone is 9. The molecule has 0 unspecified atom stereocenters. The highest BCUT2D eigenvalue weighted by Gasteiger charge is 2.44. The molecule has 0 fully saturated rings. The molecule has 5 rings (SSSR count). The largest absolute Gasteiger partial charge is 0.344 e. The maximum Gasteiger partial charge on any atom is 0.264 e. The summed E-state index contributed by atoms with van der Waals surface area (Å²) >= 11 is 1.07. The maximum atomic E-state index is 12.9. The summed E-state index contributed by atoms with van der Waals surface area (Å²) in [5, 5.41) is 12.2. The Bertz CT molecular complexity index is 2060. The number of fused-ring (bicyclic) bond motifs is 2. The molecule has 3 aliphatic rings. The predicted octanol–water partition coefficient (Wildman–Crippen LogP) is 9.34. The van der Waals surface area contributed by atoms with E-state index in [0.29, 0.717) is 30.8 Å². The second-order valence-corrected chi connectivity index (χ2v) is 17.4. The van der Waals surface area contributed by atoms with Crippen LogP contribution in [-0.2, 0) is 35.1 Å². The van der Waals surface area contributed by atoms with Crippen molar-refractivity contribution in [3.05, 3.63) is 131 Å². The highest BCUT2D eigenvalue weighted by Crippen LogP contribution is 2.48. The molecule has 2 heterocycles. The summed E-state index contributed by atoms with van der Waals surface area (Å²) in [6, 6.07) is 16.8. The summed E-state index contributed by atoms with van der Waals surface area (Å²) in [5.41, 5.74) is 9.81. The molecule has 294 valence electrons. The van der Waals surface area contributed by atoms with Crippen LogP contribution in [0.15, 0.2) is 120 Å². The smallest absolute Gasteiger partial charge is 0.264 e. The van der Waals surface area contributed by atoms with E-state index in [2.05, 4.69) is 114 Å². The van der Waals surface area contributed by atoms with Crippen LogP contribution in [0.5, 0.6) is 0 Å². The van der Waals surface area contributed by atoms with Gasteiger partial charge in [-0.25, -0.2) is 5.26 Å². The minimum atomic E-state index is -4.03. The third kappa shape index (κ3) is 9.50. The highest BCUT2D eigenvalue weighted by molar-refractivity contribution is 7.94. The van der Waals surface area contributed by atoms with Crippen molar-refractivity contribution < 1.29 is 37.0 Å². The van der Waals surface area contributed by atoms with Gasteiger partial charge in [0, 0.05) is 71.0 Å². The number of unbranched alkanes of at least 4 members (excludes halogenated alkanes) is 2. The summed E-state index contributed by atoms with van der Waals surface area (Å²) in [7, 11) is -4.03. The fraction of sp³-hybridized carbons (Fsp3) is 0.395. The zero-order valence-corrected chi connectivity index (χ0v) is 34.2. The first-order chi connectivity index (χ1) is 26.3. The van der Waals surface area contributed by atoms with Gasteiger partial charge in [-0.3, -0.25) is 14.2 Å². The van der Waals surface area contributed by atoms with Crippen LogP contribution in [0.3, 0.4) is 0 Å². The Balaban J connectivity index is 1.55. The zero-order valence-electron chi connectivity index (χ0n) is 32.5. The van der Waals surface area contributed by atoms with Crippen LogP contribution in [0.1, 0.15) is 84.3 Å². The van der Waals surface area contributed by atoms with Crippen LogP contribution in [0.2, 0.25) is 0 Å². The Morgan fingerprint density at radius 3 is 2.42 bits per heavy atom. The molecule has 10 nitrogen and oxygen atoms in total. The average Bonchev–Trinajstić information content (AvgIpc) is 3.71. The molecular weight excluding hydrogens is 735 g/mol. The van der Waals surface area contributed by atoms with Crippen molar-refractivity contribution in [2.45, 2.75) is 84.0 Å². The van der Waals surface area contributed by atoms with Gasteiger partial charge >= 0.3 is 0 Å². The van der Waals surface area contributed by atoms with Crippen LogP contribution in [0.25, 0.3) is 0 Å². The van der Waals surface area contributed by atoms with Crippen molar-refractivity contribution in [2.24, 2.45) is 0 Å². The second kappa shape index (κ2) is 18.3. The van der Waals surface area contributed by atoms with Gasteiger partial charge in [-0.05, 0) is 87.8 Å². The summed E-state index contributed by atoms with van der Waals surface area (Å²) in [6.07, 6.45) is 17.4. The molecule has 1 amide bonds. The predicted molar refractivity (Wildman–Crippen MR) is 222 cm³/mol. The van der Waals surface area contributed by atoms with Crippen LogP contribution < -0.4 is 4.90 Å². The summed E-state index contributed by atoms with van der Waals surface area (Å²) in [5.74, 6) is 0.409. The van der Waals surface area contributed by atoms with Gasteiger partial charge in [0.25, 0.3) is 10.1 Å². The number of amides is 1. The molecule has 2 aromatic rings. The van der Waals surface area contributed by atoms with E-state index >= 15 is 0 Å². The number of carbonyl (C=O) groups is 1. The fourth-order valence-corrected chi connectivity index (χ4v) is 9.05. The topological polar surface area (TPSA) is 120 Å². The lowest BCUT2D eigenvalue weighted by Gasteiger charge is -2.27. The number of benzene rings is 2. The van der Waals surface area contributed by atoms with Crippen molar-refractivity contribution in [2.75, 3.05) is 29.5 Å². The SMILES string of the molecule is C=C(C=CC)N(C=O)C1=C(C=CC2=[N+](CCCCS(=O)(=O)O)c3ccccc3C2(C)C)CCC1=CC=C1N(CCCCSOOO)c2ccccc2C1(C)C. The normalized spacial score (nSPS) is 19.1. The minimum Gasteiger partial charge on any atom is -0.344 e. The molecule has 2 aliphatic heterocycles. The zero-order chi connectivity index (χ0) is 39.8. The van der Waals surface area contributed by atoms with Crippen LogP contribution in [-0.4, -0.2) is 64.4 Å². The van der Waals surface area contributed by atoms with E-state index in [4.69, 9.17) is 5.26 Å². The van der Waals surface area contributed by atoms with Crippen molar-refractivity contribution in [1.82, 2.24) is 4.90 Å². The number of nitrogens with zero attached hydrogens (tertiary/aromatic N) is 3. The van der Waals surface area contributed by atoms with Crippen LogP contribution in [0, 0.1) is 0 Å². The lowest BCUT2D eigenvalue weighted by Crippen LogP contribution is -2.28. The van der Waals surface area contributed by atoms with Crippen molar-refractivity contribution in [1.29, 1.82) is 0 Å². The second-order valence-electron chi connectivity index (χ2n) is 15.1. The van der Waals surface area contributed by atoms with Crippen molar-refractivity contribution >= 4 is 45.7 Å². The average molecular weight is 789 g/mol. The third-order valence-corrected chi connectivity index (χ3v) is 12.2. The van der Waals surface area contributed by atoms with E-state index in [-0.39, 0.29) is 16.6 Å². The molecular formula is C43H54N3O7S2+. The first-order valence-corrected chi connectivity index (χ1v) is 21.3. The summed E-state index contributed by atoms with van der Waals surface area (Å²) in [4.78, 5) is 16.9. The lowest BCUT2D eigenvalue weighted by molar-refractivity contribution is -0.438. The monoisotopic (exact) mass is 788 g/mol. The van der Waals surface area contributed by atoms with Gasteiger partial charge in [-0.15, -0.1) is 4.33 Å². The van der Waals surface area contributed by atoms with Gasteiger partial charge in [0.1, 0.15) is 6.54 Å². The van der Waals surface area contributed by atoms with Crippen molar-refractivity contribution in [3.63, 3.8) is 0 Å². The van der Waals surface area contributed by atoms with E-state index in [1.54, 1.807) is 4.90 Å². The van der Waals surface area contributed by atoms with Gasteiger partial charge in [0.05, 0.1) is 16.9 Å². The fourth-order valence-electron chi connectivity index (χ4n) is 8.05. The quantitative estimate of drug-likeness (QED) is 0.0210. The molecule has 2 aromatic carbocycles. The van der Waals surface area contributed by atoms with Gasteiger partial charge in [-0.2, -0.15) is 13.0 Å². The van der Waals surface area contributed by atoms with E-state index in [1.807, 2.05) is 31.2 Å². The molecule has 12 heteroatoms. The van der Waals surface area contributed by atoms with Crippen LogP contribution in [0.4, 0.5) is 11.4 Å². The number of anilines is 1. The van der Waals surface area contributed by atoms with Gasteiger partial charge in [-0.1, -0.05) is 80.1 Å². The van der Waals surface area contributed by atoms with Crippen LogP contribution >= 0.6 is 12.0 Å². The Labute approximate surface area is 330 Å². The number of carbonyl (C=O) groups excluding carboxylic acids is 1. The molecule has 0 saturated carbocycles. The molecule has 1 aliphatic carbocycles.